The molecule has 1 aromatic heterocycles. The summed E-state index contributed by atoms with van der Waals surface area (Å²) in [6.07, 6.45) is 3.87. The lowest BCUT2D eigenvalue weighted by Crippen LogP contribution is -2.57. The van der Waals surface area contributed by atoms with Crippen molar-refractivity contribution in [3.63, 3.8) is 0 Å². The van der Waals surface area contributed by atoms with E-state index in [2.05, 4.69) is 15.6 Å². The molecule has 9 nitrogen and oxygen atoms in total. The van der Waals surface area contributed by atoms with Crippen molar-refractivity contribution in [1.29, 1.82) is 0 Å². The number of hydrogen-bond acceptors (Lipinski definition) is 7. The zero-order valence-electron chi connectivity index (χ0n) is 25.0. The number of β-amino-alcohol motifs (C(OH)–C–C–N with tert-alkyl or cyclic N) is 1. The number of unbranched alkanes of at least 4 members (excludes halogenated alkanes) is 4. The SMILES string of the molecule is Cc1ncsc1-c1ccc([C@H](C)NC(=O)[C@@H]2C[C@@H](O)CN2C(=O)C(NC(=O)CCCCCCCO)C(C)(C)C)cc1. The Bertz CT molecular complexity index is 1160. The van der Waals surface area contributed by atoms with Crippen LogP contribution in [0, 0.1) is 12.3 Å². The predicted octanol–water partition coefficient (Wildman–Crippen LogP) is 4.12. The number of thiazole rings is 1. The molecular weight excluding hydrogens is 540 g/mol. The quantitative estimate of drug-likeness (QED) is 0.261. The largest absolute Gasteiger partial charge is 0.396 e. The maximum absolute atomic E-state index is 13.8. The van der Waals surface area contributed by atoms with Crippen LogP contribution in [0.3, 0.4) is 0 Å². The fraction of sp³-hybridized carbons (Fsp3) is 0.613. The maximum Gasteiger partial charge on any atom is 0.246 e. The number of rotatable bonds is 13. The molecule has 3 amide bonds. The fourth-order valence-electron chi connectivity index (χ4n) is 5.18. The van der Waals surface area contributed by atoms with E-state index >= 15 is 0 Å². The Kier molecular flexibility index (Phi) is 11.9. The van der Waals surface area contributed by atoms with Crippen LogP contribution < -0.4 is 10.6 Å². The second-order valence-electron chi connectivity index (χ2n) is 12.1. The molecule has 4 atom stereocenters. The average Bonchev–Trinajstić information content (AvgIpc) is 3.53. The molecule has 0 saturated carbocycles. The highest BCUT2D eigenvalue weighted by Gasteiger charge is 2.44. The van der Waals surface area contributed by atoms with E-state index in [1.165, 1.54) is 4.90 Å². The van der Waals surface area contributed by atoms with Gasteiger partial charge in [-0.1, -0.05) is 64.3 Å². The normalized spacial score (nSPS) is 18.7. The van der Waals surface area contributed by atoms with E-state index < -0.39 is 23.6 Å². The Morgan fingerprint density at radius 3 is 2.34 bits per heavy atom. The van der Waals surface area contributed by atoms with Gasteiger partial charge >= 0.3 is 0 Å². The molecule has 3 rings (SSSR count). The van der Waals surface area contributed by atoms with Gasteiger partial charge in [-0.05, 0) is 43.2 Å². The molecule has 4 N–H and O–H groups in total. The number of hydrogen-bond donors (Lipinski definition) is 4. The molecule has 1 unspecified atom stereocenters. The highest BCUT2D eigenvalue weighted by atomic mass is 32.1. The molecule has 1 fully saturated rings. The van der Waals surface area contributed by atoms with Crippen LogP contribution in [0.1, 0.15) is 89.9 Å². The minimum Gasteiger partial charge on any atom is -0.396 e. The van der Waals surface area contributed by atoms with Crippen molar-refractivity contribution >= 4 is 29.1 Å². The van der Waals surface area contributed by atoms with E-state index in [1.54, 1.807) is 11.3 Å². The monoisotopic (exact) mass is 586 g/mol. The van der Waals surface area contributed by atoms with Gasteiger partial charge in [0.25, 0.3) is 0 Å². The Labute approximate surface area is 247 Å². The van der Waals surface area contributed by atoms with Gasteiger partial charge in [-0.25, -0.2) is 4.98 Å². The predicted molar refractivity (Wildman–Crippen MR) is 161 cm³/mol. The smallest absolute Gasteiger partial charge is 0.246 e. The third kappa shape index (κ3) is 9.08. The number of carbonyl (C=O) groups excluding carboxylic acids is 3. The van der Waals surface area contributed by atoms with Gasteiger partial charge in [0.15, 0.2) is 0 Å². The molecule has 1 aliphatic rings. The summed E-state index contributed by atoms with van der Waals surface area (Å²) >= 11 is 1.59. The second-order valence-corrected chi connectivity index (χ2v) is 13.0. The van der Waals surface area contributed by atoms with Crippen molar-refractivity contribution in [1.82, 2.24) is 20.5 Å². The Balaban J connectivity index is 1.63. The number of carbonyl (C=O) groups is 3. The zero-order valence-corrected chi connectivity index (χ0v) is 25.8. The first kappa shape index (κ1) is 32.7. The molecular formula is C31H46N4O5S. The summed E-state index contributed by atoms with van der Waals surface area (Å²) in [4.78, 5) is 46.8. The van der Waals surface area contributed by atoms with Gasteiger partial charge in [0.05, 0.1) is 28.2 Å². The lowest BCUT2D eigenvalue weighted by atomic mass is 9.85. The molecule has 41 heavy (non-hydrogen) atoms. The number of benzene rings is 1. The minimum absolute atomic E-state index is 0.0432. The van der Waals surface area contributed by atoms with E-state index in [1.807, 2.05) is 64.4 Å². The molecule has 0 radical (unpaired) electrons. The van der Waals surface area contributed by atoms with E-state index in [0.717, 1.165) is 47.4 Å². The standard InChI is InChI=1S/C31H46N4O5S/c1-20(22-12-14-23(15-13-22)27-21(2)32-19-41-27)33-29(39)25-17-24(37)18-35(25)30(40)28(31(3,4)5)34-26(38)11-9-7-6-8-10-16-36/h12-15,19-20,24-25,28,36-37H,6-11,16-18H2,1-5H3,(H,33,39)(H,34,38)/t20-,24+,25-,28?/m0/s1. The van der Waals surface area contributed by atoms with Gasteiger partial charge in [-0.3, -0.25) is 14.4 Å². The van der Waals surface area contributed by atoms with Crippen LogP contribution in [0.15, 0.2) is 29.8 Å². The first-order chi connectivity index (χ1) is 19.4. The molecule has 0 spiro atoms. The summed E-state index contributed by atoms with van der Waals surface area (Å²) in [7, 11) is 0. The number of aliphatic hydroxyl groups excluding tert-OH is 2. The Morgan fingerprint density at radius 1 is 1.07 bits per heavy atom. The average molecular weight is 587 g/mol. The van der Waals surface area contributed by atoms with Crippen molar-refractivity contribution in [2.75, 3.05) is 13.2 Å². The van der Waals surface area contributed by atoms with Crippen LogP contribution in [-0.2, 0) is 14.4 Å². The Hall–Kier alpha value is -2.82. The third-order valence-corrected chi connectivity index (χ3v) is 8.60. The van der Waals surface area contributed by atoms with Crippen LogP contribution in [-0.4, -0.2) is 69.2 Å². The highest BCUT2D eigenvalue weighted by molar-refractivity contribution is 7.13. The first-order valence-corrected chi connectivity index (χ1v) is 15.5. The molecule has 0 bridgehead atoms. The van der Waals surface area contributed by atoms with Gasteiger partial charge in [0.1, 0.15) is 12.1 Å². The zero-order chi connectivity index (χ0) is 30.2. The molecule has 0 aliphatic carbocycles. The molecule has 2 heterocycles. The number of nitrogens with one attached hydrogen (secondary N) is 2. The fourth-order valence-corrected chi connectivity index (χ4v) is 5.99. The van der Waals surface area contributed by atoms with Gasteiger partial charge in [-0.15, -0.1) is 11.3 Å². The van der Waals surface area contributed by atoms with Gasteiger partial charge in [0, 0.05) is 26.0 Å². The lowest BCUT2D eigenvalue weighted by molar-refractivity contribution is -0.144. The van der Waals surface area contributed by atoms with Gasteiger partial charge < -0.3 is 25.7 Å². The van der Waals surface area contributed by atoms with Crippen molar-refractivity contribution < 1.29 is 24.6 Å². The summed E-state index contributed by atoms with van der Waals surface area (Å²) in [5.74, 6) is -0.888. The van der Waals surface area contributed by atoms with Gasteiger partial charge in [-0.2, -0.15) is 0 Å². The topological polar surface area (TPSA) is 132 Å². The first-order valence-electron chi connectivity index (χ1n) is 14.6. The van der Waals surface area contributed by atoms with Crippen molar-refractivity contribution in [3.05, 3.63) is 41.0 Å². The summed E-state index contributed by atoms with van der Waals surface area (Å²) in [5.41, 5.74) is 4.21. The van der Waals surface area contributed by atoms with Crippen molar-refractivity contribution in [3.8, 4) is 10.4 Å². The van der Waals surface area contributed by atoms with Crippen LogP contribution in [0.5, 0.6) is 0 Å². The van der Waals surface area contributed by atoms with Crippen LogP contribution in [0.2, 0.25) is 0 Å². The number of aliphatic hydroxyl groups is 2. The van der Waals surface area contributed by atoms with Crippen LogP contribution in [0.4, 0.5) is 0 Å². The molecule has 1 aliphatic heterocycles. The molecule has 1 saturated heterocycles. The molecule has 2 aromatic rings. The lowest BCUT2D eigenvalue weighted by Gasteiger charge is -2.35. The van der Waals surface area contributed by atoms with E-state index in [4.69, 9.17) is 5.11 Å². The maximum atomic E-state index is 13.8. The summed E-state index contributed by atoms with van der Waals surface area (Å²) < 4.78 is 0. The second kappa shape index (κ2) is 14.9. The van der Waals surface area contributed by atoms with Crippen LogP contribution in [0.25, 0.3) is 10.4 Å². The highest BCUT2D eigenvalue weighted by Crippen LogP contribution is 2.29. The van der Waals surface area contributed by atoms with Crippen molar-refractivity contribution in [2.45, 2.75) is 104 Å². The number of aromatic nitrogens is 1. The molecule has 1 aromatic carbocycles. The third-order valence-electron chi connectivity index (χ3n) is 7.62. The number of nitrogens with zero attached hydrogens (tertiary/aromatic N) is 2. The van der Waals surface area contributed by atoms with E-state index in [-0.39, 0.29) is 43.3 Å². The number of amides is 3. The Morgan fingerprint density at radius 2 is 1.73 bits per heavy atom. The molecule has 10 heteroatoms. The van der Waals surface area contributed by atoms with Crippen molar-refractivity contribution in [2.24, 2.45) is 5.41 Å². The van der Waals surface area contributed by atoms with E-state index in [0.29, 0.717) is 12.8 Å². The number of aryl methyl sites for hydroxylation is 1. The van der Waals surface area contributed by atoms with E-state index in [9.17, 15) is 19.5 Å². The summed E-state index contributed by atoms with van der Waals surface area (Å²) in [6.45, 7) is 9.74. The van der Waals surface area contributed by atoms with Crippen LogP contribution >= 0.6 is 11.3 Å². The molecule has 226 valence electrons. The summed E-state index contributed by atoms with van der Waals surface area (Å²) in [5, 5.41) is 25.3. The van der Waals surface area contributed by atoms with Gasteiger partial charge in [0.2, 0.25) is 17.7 Å². The number of likely N-dealkylation sites (tertiary alicyclic amines) is 1. The minimum atomic E-state index is -0.829. The summed E-state index contributed by atoms with van der Waals surface area (Å²) in [6, 6.07) is 6.02.